The fourth-order valence-corrected chi connectivity index (χ4v) is 2.55. The van der Waals surface area contributed by atoms with Gasteiger partial charge in [-0.15, -0.1) is 0 Å². The van der Waals surface area contributed by atoms with Crippen LogP contribution in [-0.4, -0.2) is 22.4 Å². The third-order valence-corrected chi connectivity index (χ3v) is 3.85. The molecule has 2 rings (SSSR count). The second-order valence-corrected chi connectivity index (χ2v) is 5.21. The van der Waals surface area contributed by atoms with E-state index in [4.69, 9.17) is 5.11 Å². The van der Waals surface area contributed by atoms with Gasteiger partial charge in [-0.3, -0.25) is 0 Å². The van der Waals surface area contributed by atoms with Crippen LogP contribution in [0.2, 0.25) is 0 Å². The number of hydrogen-bond donors (Lipinski definition) is 2. The monoisotopic (exact) mass is 234 g/mol. The van der Waals surface area contributed by atoms with Crippen molar-refractivity contribution in [2.45, 2.75) is 44.1 Å². The minimum atomic E-state index is -0.411. The zero-order valence-corrected chi connectivity index (χ0v) is 10.3. The lowest BCUT2D eigenvalue weighted by atomic mass is 10.0. The van der Waals surface area contributed by atoms with Crippen LogP contribution in [0.3, 0.4) is 0 Å². The van der Waals surface area contributed by atoms with Gasteiger partial charge in [-0.1, -0.05) is 36.8 Å². The molecule has 1 aromatic rings. The molecule has 0 heterocycles. The molecule has 1 aromatic carbocycles. The molecule has 0 amide bonds. The number of unbranched alkanes of at least 4 members (excludes halogenated alkanes) is 1. The normalized spacial score (nSPS) is 27.1. The van der Waals surface area contributed by atoms with Gasteiger partial charge in [-0.2, -0.15) is 0 Å². The lowest BCUT2D eigenvalue weighted by Crippen LogP contribution is -2.12. The van der Waals surface area contributed by atoms with Crippen LogP contribution in [0.15, 0.2) is 30.3 Å². The van der Waals surface area contributed by atoms with Gasteiger partial charge < -0.3 is 10.2 Å². The SMILES string of the molecule is OCCCC[C@H]1C[C@@]1(O)CCc1ccccc1. The van der Waals surface area contributed by atoms with Gasteiger partial charge in [0.25, 0.3) is 0 Å². The van der Waals surface area contributed by atoms with E-state index >= 15 is 0 Å². The van der Waals surface area contributed by atoms with Crippen LogP contribution in [-0.2, 0) is 6.42 Å². The van der Waals surface area contributed by atoms with E-state index in [0.717, 1.165) is 38.5 Å². The Balaban J connectivity index is 1.70. The summed E-state index contributed by atoms with van der Waals surface area (Å²) in [6.07, 6.45) is 5.76. The molecule has 0 saturated heterocycles. The highest BCUT2D eigenvalue weighted by molar-refractivity contribution is 5.16. The standard InChI is InChI=1S/C15H22O2/c16-11-5-4-8-14-12-15(14,17)10-9-13-6-2-1-3-7-13/h1-3,6-7,14,16-17H,4-5,8-12H2/t14-,15-/m0/s1. The topological polar surface area (TPSA) is 40.5 Å². The third kappa shape index (κ3) is 3.55. The molecule has 2 heteroatoms. The summed E-state index contributed by atoms with van der Waals surface area (Å²) in [5.74, 6) is 0.470. The maximum Gasteiger partial charge on any atom is 0.0683 e. The van der Waals surface area contributed by atoms with E-state index in [0.29, 0.717) is 5.92 Å². The summed E-state index contributed by atoms with van der Waals surface area (Å²) in [6, 6.07) is 10.3. The average molecular weight is 234 g/mol. The Morgan fingerprint density at radius 2 is 1.94 bits per heavy atom. The van der Waals surface area contributed by atoms with Gasteiger partial charge in [0, 0.05) is 6.61 Å². The molecule has 0 unspecified atom stereocenters. The van der Waals surface area contributed by atoms with Crippen molar-refractivity contribution in [1.82, 2.24) is 0 Å². The van der Waals surface area contributed by atoms with E-state index in [1.54, 1.807) is 0 Å². The predicted molar refractivity (Wildman–Crippen MR) is 68.8 cm³/mol. The summed E-state index contributed by atoms with van der Waals surface area (Å²) in [5, 5.41) is 19.0. The average Bonchev–Trinajstić information content (AvgIpc) is 3.00. The molecule has 2 nitrogen and oxygen atoms in total. The number of aryl methyl sites for hydroxylation is 1. The fraction of sp³-hybridized carbons (Fsp3) is 0.600. The van der Waals surface area contributed by atoms with Gasteiger partial charge in [-0.25, -0.2) is 0 Å². The molecule has 0 radical (unpaired) electrons. The van der Waals surface area contributed by atoms with E-state index in [-0.39, 0.29) is 6.61 Å². The second kappa shape index (κ2) is 5.65. The van der Waals surface area contributed by atoms with Crippen molar-refractivity contribution in [3.63, 3.8) is 0 Å². The van der Waals surface area contributed by atoms with Crippen LogP contribution in [0.1, 0.15) is 37.7 Å². The highest BCUT2D eigenvalue weighted by atomic mass is 16.3. The van der Waals surface area contributed by atoms with Crippen molar-refractivity contribution in [1.29, 1.82) is 0 Å². The van der Waals surface area contributed by atoms with Crippen LogP contribution in [0, 0.1) is 5.92 Å². The Labute approximate surface area is 103 Å². The summed E-state index contributed by atoms with van der Waals surface area (Å²) in [4.78, 5) is 0. The number of aliphatic hydroxyl groups excluding tert-OH is 1. The lowest BCUT2D eigenvalue weighted by Gasteiger charge is -2.10. The van der Waals surface area contributed by atoms with Gasteiger partial charge in [0.1, 0.15) is 0 Å². The van der Waals surface area contributed by atoms with E-state index in [1.165, 1.54) is 5.56 Å². The quantitative estimate of drug-likeness (QED) is 0.712. The summed E-state index contributed by atoms with van der Waals surface area (Å²) in [6.45, 7) is 0.273. The van der Waals surface area contributed by atoms with Crippen LogP contribution < -0.4 is 0 Å². The van der Waals surface area contributed by atoms with E-state index in [2.05, 4.69) is 12.1 Å². The molecule has 1 fully saturated rings. The van der Waals surface area contributed by atoms with E-state index < -0.39 is 5.60 Å². The second-order valence-electron chi connectivity index (χ2n) is 5.21. The Morgan fingerprint density at radius 1 is 1.18 bits per heavy atom. The number of hydrogen-bond acceptors (Lipinski definition) is 2. The van der Waals surface area contributed by atoms with Crippen molar-refractivity contribution in [2.24, 2.45) is 5.92 Å². The fourth-order valence-electron chi connectivity index (χ4n) is 2.55. The maximum atomic E-state index is 10.3. The first-order valence-electron chi connectivity index (χ1n) is 6.62. The van der Waals surface area contributed by atoms with Gasteiger partial charge in [0.2, 0.25) is 0 Å². The summed E-state index contributed by atoms with van der Waals surface area (Å²) in [5.41, 5.74) is 0.896. The zero-order valence-electron chi connectivity index (χ0n) is 10.3. The smallest absolute Gasteiger partial charge is 0.0683 e. The Kier molecular flexibility index (Phi) is 4.19. The molecule has 1 aliphatic rings. The lowest BCUT2D eigenvalue weighted by molar-refractivity contribution is 0.118. The summed E-state index contributed by atoms with van der Waals surface area (Å²) < 4.78 is 0. The third-order valence-electron chi connectivity index (χ3n) is 3.85. The molecular formula is C15H22O2. The molecule has 94 valence electrons. The summed E-state index contributed by atoms with van der Waals surface area (Å²) in [7, 11) is 0. The van der Waals surface area contributed by atoms with Crippen LogP contribution in [0.4, 0.5) is 0 Å². The van der Waals surface area contributed by atoms with Crippen LogP contribution in [0.25, 0.3) is 0 Å². The first-order valence-corrected chi connectivity index (χ1v) is 6.62. The molecule has 1 saturated carbocycles. The highest BCUT2D eigenvalue weighted by Gasteiger charge is 2.51. The molecule has 0 aromatic heterocycles. The molecule has 0 aliphatic heterocycles. The molecular weight excluding hydrogens is 212 g/mol. The molecule has 2 N–H and O–H groups in total. The zero-order chi connectivity index (χ0) is 12.1. The van der Waals surface area contributed by atoms with E-state index in [9.17, 15) is 5.11 Å². The van der Waals surface area contributed by atoms with Gasteiger partial charge in [0.05, 0.1) is 5.60 Å². The maximum absolute atomic E-state index is 10.3. The van der Waals surface area contributed by atoms with Crippen molar-refractivity contribution in [3.05, 3.63) is 35.9 Å². The van der Waals surface area contributed by atoms with Gasteiger partial charge in [-0.05, 0) is 43.6 Å². The minimum absolute atomic E-state index is 0.273. The molecule has 0 bridgehead atoms. The van der Waals surface area contributed by atoms with Crippen molar-refractivity contribution in [2.75, 3.05) is 6.61 Å². The number of aliphatic hydroxyl groups is 2. The number of benzene rings is 1. The van der Waals surface area contributed by atoms with Crippen molar-refractivity contribution in [3.8, 4) is 0 Å². The van der Waals surface area contributed by atoms with Crippen LogP contribution in [0.5, 0.6) is 0 Å². The Bertz CT molecular complexity index is 336. The van der Waals surface area contributed by atoms with Gasteiger partial charge >= 0.3 is 0 Å². The minimum Gasteiger partial charge on any atom is -0.396 e. The number of rotatable bonds is 7. The Hall–Kier alpha value is -0.860. The Morgan fingerprint density at radius 3 is 2.65 bits per heavy atom. The van der Waals surface area contributed by atoms with Crippen molar-refractivity contribution >= 4 is 0 Å². The highest BCUT2D eigenvalue weighted by Crippen LogP contribution is 2.49. The summed E-state index contributed by atoms with van der Waals surface area (Å²) >= 11 is 0. The van der Waals surface area contributed by atoms with Crippen LogP contribution >= 0.6 is 0 Å². The van der Waals surface area contributed by atoms with Gasteiger partial charge in [0.15, 0.2) is 0 Å². The first kappa shape index (κ1) is 12.6. The molecule has 1 aliphatic carbocycles. The largest absolute Gasteiger partial charge is 0.396 e. The molecule has 2 atom stereocenters. The molecule has 17 heavy (non-hydrogen) atoms. The first-order chi connectivity index (χ1) is 8.24. The van der Waals surface area contributed by atoms with E-state index in [1.807, 2.05) is 18.2 Å². The molecule has 0 spiro atoms. The van der Waals surface area contributed by atoms with Crippen molar-refractivity contribution < 1.29 is 10.2 Å². The predicted octanol–water partition coefficient (Wildman–Crippen LogP) is 2.53.